The van der Waals surface area contributed by atoms with E-state index < -0.39 is 0 Å². The number of nitrogens with one attached hydrogen (secondary N) is 3. The predicted molar refractivity (Wildman–Crippen MR) is 120 cm³/mol. The van der Waals surface area contributed by atoms with Crippen LogP contribution in [0.15, 0.2) is 41.5 Å². The fourth-order valence-electron chi connectivity index (χ4n) is 2.21. The summed E-state index contributed by atoms with van der Waals surface area (Å²) in [6.45, 7) is 7.60. The fourth-order valence-corrected chi connectivity index (χ4v) is 2.99. The standard InChI is InChI=1S/C18H27N5S.HI/c1-3-19-18(22-13-10-17-23-14-15(2)24-17)21-12-7-11-20-16-8-5-4-6-9-16;/h4-6,8-9,14,20H,3,7,10-13H2,1-2H3,(H2,19,21,22);1H. The van der Waals surface area contributed by atoms with Crippen LogP contribution in [0.1, 0.15) is 23.2 Å². The van der Waals surface area contributed by atoms with E-state index in [9.17, 15) is 0 Å². The number of aromatic nitrogens is 1. The minimum absolute atomic E-state index is 0. The minimum Gasteiger partial charge on any atom is -0.385 e. The second-order valence-electron chi connectivity index (χ2n) is 5.45. The highest BCUT2D eigenvalue weighted by atomic mass is 127. The van der Waals surface area contributed by atoms with Crippen LogP contribution in [0.3, 0.4) is 0 Å². The quantitative estimate of drug-likeness (QED) is 0.225. The number of aliphatic imine (C=N–C) groups is 1. The van der Waals surface area contributed by atoms with Crippen molar-refractivity contribution in [2.24, 2.45) is 4.99 Å². The van der Waals surface area contributed by atoms with Crippen LogP contribution in [0.5, 0.6) is 0 Å². The van der Waals surface area contributed by atoms with Crippen LogP contribution in [-0.4, -0.2) is 37.1 Å². The van der Waals surface area contributed by atoms with Gasteiger partial charge in [-0.2, -0.15) is 0 Å². The molecule has 2 aromatic rings. The Kier molecular flexibility index (Phi) is 11.2. The van der Waals surface area contributed by atoms with E-state index in [1.165, 1.54) is 9.88 Å². The summed E-state index contributed by atoms with van der Waals surface area (Å²) >= 11 is 1.76. The molecule has 0 saturated carbocycles. The summed E-state index contributed by atoms with van der Waals surface area (Å²) in [5, 5.41) is 11.2. The number of benzene rings is 1. The lowest BCUT2D eigenvalue weighted by Gasteiger charge is -2.11. The van der Waals surface area contributed by atoms with Crippen molar-refractivity contribution in [1.82, 2.24) is 15.6 Å². The van der Waals surface area contributed by atoms with Crippen LogP contribution in [0.4, 0.5) is 5.69 Å². The molecule has 0 atom stereocenters. The van der Waals surface area contributed by atoms with Crippen molar-refractivity contribution < 1.29 is 0 Å². The molecule has 25 heavy (non-hydrogen) atoms. The van der Waals surface area contributed by atoms with Crippen molar-refractivity contribution in [3.63, 3.8) is 0 Å². The average molecular weight is 473 g/mol. The molecular weight excluding hydrogens is 445 g/mol. The van der Waals surface area contributed by atoms with Crippen molar-refractivity contribution in [3.05, 3.63) is 46.4 Å². The van der Waals surface area contributed by atoms with Crippen molar-refractivity contribution >= 4 is 47.0 Å². The number of rotatable bonds is 9. The van der Waals surface area contributed by atoms with Gasteiger partial charge in [0.05, 0.1) is 5.01 Å². The Hall–Kier alpha value is -1.35. The number of guanidine groups is 1. The van der Waals surface area contributed by atoms with E-state index in [4.69, 9.17) is 0 Å². The molecule has 1 heterocycles. The summed E-state index contributed by atoms with van der Waals surface area (Å²) in [4.78, 5) is 10.3. The first-order valence-electron chi connectivity index (χ1n) is 8.50. The lowest BCUT2D eigenvalue weighted by molar-refractivity contribution is 0.785. The van der Waals surface area contributed by atoms with Crippen molar-refractivity contribution in [2.75, 3.05) is 31.5 Å². The van der Waals surface area contributed by atoms with Crippen LogP contribution in [0, 0.1) is 6.92 Å². The fraction of sp³-hybridized carbons (Fsp3) is 0.444. The molecule has 0 radical (unpaired) electrons. The van der Waals surface area contributed by atoms with Crippen molar-refractivity contribution in [1.29, 1.82) is 0 Å². The van der Waals surface area contributed by atoms with Crippen LogP contribution in [-0.2, 0) is 6.42 Å². The number of aryl methyl sites for hydroxylation is 1. The third-order valence-corrected chi connectivity index (χ3v) is 4.32. The van der Waals surface area contributed by atoms with Crippen molar-refractivity contribution in [2.45, 2.75) is 26.7 Å². The number of nitrogens with zero attached hydrogens (tertiary/aromatic N) is 2. The highest BCUT2D eigenvalue weighted by Gasteiger charge is 2.00. The molecule has 0 bridgehead atoms. The van der Waals surface area contributed by atoms with E-state index in [0.29, 0.717) is 0 Å². The Labute approximate surface area is 171 Å². The zero-order chi connectivity index (χ0) is 17.0. The zero-order valence-electron chi connectivity index (χ0n) is 14.9. The second-order valence-corrected chi connectivity index (χ2v) is 6.77. The summed E-state index contributed by atoms with van der Waals surface area (Å²) in [6.07, 6.45) is 3.86. The molecule has 0 spiro atoms. The minimum atomic E-state index is 0. The molecule has 0 saturated heterocycles. The van der Waals surface area contributed by atoms with Gasteiger partial charge in [-0.15, -0.1) is 35.3 Å². The number of halogens is 1. The number of para-hydroxylation sites is 1. The van der Waals surface area contributed by atoms with E-state index in [0.717, 1.165) is 50.7 Å². The topological polar surface area (TPSA) is 61.3 Å². The van der Waals surface area contributed by atoms with Crippen molar-refractivity contribution in [3.8, 4) is 0 Å². The molecule has 2 rings (SSSR count). The molecule has 0 aliphatic rings. The van der Waals surface area contributed by atoms with Gasteiger partial charge in [0.1, 0.15) is 0 Å². The Morgan fingerprint density at radius 3 is 2.64 bits per heavy atom. The molecule has 1 aromatic heterocycles. The highest BCUT2D eigenvalue weighted by Crippen LogP contribution is 2.10. The predicted octanol–water partition coefficient (Wildman–Crippen LogP) is 3.67. The zero-order valence-corrected chi connectivity index (χ0v) is 18.1. The molecule has 138 valence electrons. The van der Waals surface area contributed by atoms with Crippen LogP contribution in [0.2, 0.25) is 0 Å². The normalized spacial score (nSPS) is 10.9. The van der Waals surface area contributed by atoms with Gasteiger partial charge in [0, 0.05) is 49.4 Å². The van der Waals surface area contributed by atoms with Gasteiger partial charge in [-0.1, -0.05) is 18.2 Å². The molecule has 0 unspecified atom stereocenters. The van der Waals surface area contributed by atoms with E-state index in [2.05, 4.69) is 51.9 Å². The maximum absolute atomic E-state index is 4.62. The monoisotopic (exact) mass is 473 g/mol. The van der Waals surface area contributed by atoms with Crippen LogP contribution >= 0.6 is 35.3 Å². The number of anilines is 1. The molecule has 7 heteroatoms. The van der Waals surface area contributed by atoms with Gasteiger partial charge in [0.2, 0.25) is 0 Å². The number of thiazole rings is 1. The largest absolute Gasteiger partial charge is 0.385 e. The second kappa shape index (κ2) is 12.9. The summed E-state index contributed by atoms with van der Waals surface area (Å²) in [7, 11) is 0. The lowest BCUT2D eigenvalue weighted by Crippen LogP contribution is -2.38. The first-order valence-corrected chi connectivity index (χ1v) is 9.32. The van der Waals surface area contributed by atoms with E-state index in [-0.39, 0.29) is 24.0 Å². The Morgan fingerprint density at radius 2 is 1.96 bits per heavy atom. The molecule has 0 fully saturated rings. The molecule has 5 nitrogen and oxygen atoms in total. The van der Waals surface area contributed by atoms with Gasteiger partial charge in [0.25, 0.3) is 0 Å². The van der Waals surface area contributed by atoms with Gasteiger partial charge >= 0.3 is 0 Å². The third-order valence-electron chi connectivity index (χ3n) is 3.35. The molecule has 0 aliphatic heterocycles. The van der Waals surface area contributed by atoms with Gasteiger partial charge in [-0.05, 0) is 32.4 Å². The summed E-state index contributed by atoms with van der Waals surface area (Å²) in [6, 6.07) is 10.3. The number of hydrogen-bond donors (Lipinski definition) is 3. The molecule has 0 aliphatic carbocycles. The van der Waals surface area contributed by atoms with Gasteiger partial charge in [0.15, 0.2) is 5.96 Å². The first-order chi connectivity index (χ1) is 11.8. The van der Waals surface area contributed by atoms with Crippen LogP contribution in [0.25, 0.3) is 0 Å². The Morgan fingerprint density at radius 1 is 1.16 bits per heavy atom. The summed E-state index contributed by atoms with van der Waals surface area (Å²) in [5.74, 6) is 0.880. The van der Waals surface area contributed by atoms with E-state index in [1.807, 2.05) is 24.4 Å². The molecule has 3 N–H and O–H groups in total. The SMILES string of the molecule is CCNC(=NCCCNc1ccccc1)NCCc1ncc(C)s1.I. The highest BCUT2D eigenvalue weighted by molar-refractivity contribution is 14.0. The lowest BCUT2D eigenvalue weighted by atomic mass is 10.3. The Bertz CT molecular complexity index is 615. The van der Waals surface area contributed by atoms with Crippen LogP contribution < -0.4 is 16.0 Å². The van der Waals surface area contributed by atoms with Gasteiger partial charge in [-0.3, -0.25) is 4.99 Å². The maximum atomic E-state index is 4.62. The number of hydrogen-bond acceptors (Lipinski definition) is 4. The van der Waals surface area contributed by atoms with E-state index in [1.54, 1.807) is 11.3 Å². The summed E-state index contributed by atoms with van der Waals surface area (Å²) in [5.41, 5.74) is 1.16. The maximum Gasteiger partial charge on any atom is 0.191 e. The third kappa shape index (κ3) is 9.06. The average Bonchev–Trinajstić information content (AvgIpc) is 3.01. The molecule has 1 aromatic carbocycles. The molecule has 0 amide bonds. The summed E-state index contributed by atoms with van der Waals surface area (Å²) < 4.78 is 0. The Balaban J connectivity index is 0.00000312. The first kappa shape index (κ1) is 21.7. The smallest absolute Gasteiger partial charge is 0.191 e. The molecular formula is C18H28IN5S. The van der Waals surface area contributed by atoms with Gasteiger partial charge in [-0.25, -0.2) is 4.98 Å². The van der Waals surface area contributed by atoms with E-state index >= 15 is 0 Å². The van der Waals surface area contributed by atoms with Gasteiger partial charge < -0.3 is 16.0 Å².